The number of hydrogen-bond donors (Lipinski definition) is 3. The highest BCUT2D eigenvalue weighted by molar-refractivity contribution is 5.74. The molecule has 6 atom stereocenters. The number of aliphatic hydroxyl groups is 2. The Morgan fingerprint density at radius 1 is 0.466 bits per heavy atom. The van der Waals surface area contributed by atoms with Crippen molar-refractivity contribution >= 4 is 23.9 Å². The van der Waals surface area contributed by atoms with Crippen LogP contribution in [-0.2, 0) is 42.9 Å². The Morgan fingerprint density at radius 2 is 0.863 bits per heavy atom. The summed E-state index contributed by atoms with van der Waals surface area (Å²) in [6.45, 7) is 5.84. The molecule has 0 spiro atoms. The molecule has 0 radical (unpaired) electrons. The van der Waals surface area contributed by atoms with E-state index in [2.05, 4.69) is 81.5 Å². The molecule has 12 nitrogen and oxygen atoms in total. The maximum absolute atomic E-state index is 13.1. The number of esters is 3. The first kappa shape index (κ1) is 67.4. The van der Waals surface area contributed by atoms with E-state index in [1.54, 1.807) is 0 Å². The Kier molecular flexibility index (Phi) is 45.5. The van der Waals surface area contributed by atoms with Crippen LogP contribution in [-0.4, -0.2) is 89.2 Å². The van der Waals surface area contributed by atoms with E-state index in [0.717, 1.165) is 96.3 Å². The third kappa shape index (κ3) is 39.5. The standard InChI is InChI=1S/C61H104O12/c1-4-7-10-13-16-19-22-24-25-26-27-28-29-31-33-35-38-41-44-47-53(62)69-50-52(71-54(63)48-45-42-39-36-32-21-18-15-12-9-6-3)51-70-61-59(57(66)56(65)58(73-61)60(67)68)72-55(64)49-46-43-40-37-34-30-23-20-17-14-11-8-5-2/h7,10,16,19,24-25,27-28,31,33,52,56-59,61,65-66H,4-6,8-9,11-15,17-18,20-23,26,29-30,32,34-51H2,1-3H3,(H,67,68)/b10-7-,19-16-,25-24-,28-27-,33-31-. The van der Waals surface area contributed by atoms with Gasteiger partial charge in [-0.1, -0.05) is 229 Å². The van der Waals surface area contributed by atoms with E-state index in [0.29, 0.717) is 19.3 Å². The van der Waals surface area contributed by atoms with Crippen molar-refractivity contribution in [3.05, 3.63) is 60.8 Å². The predicted molar refractivity (Wildman–Crippen MR) is 294 cm³/mol. The number of ether oxygens (including phenoxy) is 5. The summed E-state index contributed by atoms with van der Waals surface area (Å²) in [6, 6.07) is 0. The highest BCUT2D eigenvalue weighted by atomic mass is 16.7. The molecule has 1 saturated heterocycles. The third-order valence-electron chi connectivity index (χ3n) is 13.1. The molecule has 1 aliphatic rings. The summed E-state index contributed by atoms with van der Waals surface area (Å²) in [5.74, 6) is -3.15. The molecular weight excluding hydrogens is 925 g/mol. The number of aliphatic carboxylic acids is 1. The molecule has 12 heteroatoms. The van der Waals surface area contributed by atoms with E-state index in [9.17, 15) is 34.5 Å². The van der Waals surface area contributed by atoms with Gasteiger partial charge in [-0.05, 0) is 64.2 Å². The van der Waals surface area contributed by atoms with Crippen molar-refractivity contribution in [1.82, 2.24) is 0 Å². The maximum atomic E-state index is 13.1. The van der Waals surface area contributed by atoms with Crippen LogP contribution in [0.3, 0.4) is 0 Å². The van der Waals surface area contributed by atoms with Crippen LogP contribution in [0.4, 0.5) is 0 Å². The van der Waals surface area contributed by atoms with Crippen LogP contribution in [0.25, 0.3) is 0 Å². The average Bonchev–Trinajstić information content (AvgIpc) is 3.37. The van der Waals surface area contributed by atoms with Gasteiger partial charge in [0.25, 0.3) is 0 Å². The van der Waals surface area contributed by atoms with Crippen LogP contribution in [0, 0.1) is 0 Å². The molecule has 0 bridgehead atoms. The largest absolute Gasteiger partial charge is 0.479 e. The molecule has 1 heterocycles. The Labute approximate surface area is 443 Å². The minimum Gasteiger partial charge on any atom is -0.479 e. The molecule has 0 aromatic carbocycles. The van der Waals surface area contributed by atoms with Gasteiger partial charge in [0.15, 0.2) is 24.6 Å². The number of hydrogen-bond acceptors (Lipinski definition) is 11. The topological polar surface area (TPSA) is 175 Å². The Morgan fingerprint density at radius 3 is 1.32 bits per heavy atom. The highest BCUT2D eigenvalue weighted by Crippen LogP contribution is 2.26. The second-order valence-corrected chi connectivity index (χ2v) is 19.9. The molecule has 0 saturated carbocycles. The van der Waals surface area contributed by atoms with Crippen LogP contribution in [0.2, 0.25) is 0 Å². The number of carbonyl (C=O) groups excluding carboxylic acids is 3. The van der Waals surface area contributed by atoms with Crippen molar-refractivity contribution in [1.29, 1.82) is 0 Å². The van der Waals surface area contributed by atoms with Gasteiger partial charge in [-0.25, -0.2) is 4.79 Å². The fraction of sp³-hybridized carbons (Fsp3) is 0.770. The van der Waals surface area contributed by atoms with Gasteiger partial charge in [0.05, 0.1) is 6.61 Å². The van der Waals surface area contributed by atoms with Crippen LogP contribution >= 0.6 is 0 Å². The highest BCUT2D eigenvalue weighted by Gasteiger charge is 2.50. The Balaban J connectivity index is 2.69. The first-order chi connectivity index (χ1) is 35.6. The zero-order valence-corrected chi connectivity index (χ0v) is 46.1. The number of unbranched alkanes of at least 4 members (excludes halogenated alkanes) is 25. The summed E-state index contributed by atoms with van der Waals surface area (Å²) in [7, 11) is 0. The number of rotatable bonds is 49. The maximum Gasteiger partial charge on any atom is 0.335 e. The summed E-state index contributed by atoms with van der Waals surface area (Å²) in [5.41, 5.74) is 0. The van der Waals surface area contributed by atoms with Gasteiger partial charge in [0.2, 0.25) is 0 Å². The minimum atomic E-state index is -1.90. The van der Waals surface area contributed by atoms with Crippen molar-refractivity contribution in [2.24, 2.45) is 0 Å². The lowest BCUT2D eigenvalue weighted by atomic mass is 9.98. The third-order valence-corrected chi connectivity index (χ3v) is 13.1. The smallest absolute Gasteiger partial charge is 0.335 e. The molecule has 6 unspecified atom stereocenters. The van der Waals surface area contributed by atoms with Gasteiger partial charge < -0.3 is 39.0 Å². The van der Waals surface area contributed by atoms with Crippen LogP contribution < -0.4 is 0 Å². The first-order valence-corrected chi connectivity index (χ1v) is 29.3. The zero-order valence-electron chi connectivity index (χ0n) is 46.1. The lowest BCUT2D eigenvalue weighted by Crippen LogP contribution is -2.61. The molecule has 1 fully saturated rings. The number of carboxylic acid groups (broad SMARTS) is 1. The van der Waals surface area contributed by atoms with Crippen molar-refractivity contribution < 1.29 is 58.2 Å². The van der Waals surface area contributed by atoms with Gasteiger partial charge in [-0.3, -0.25) is 14.4 Å². The first-order valence-electron chi connectivity index (χ1n) is 29.3. The Hall–Kier alpha value is -3.58. The molecule has 0 aliphatic carbocycles. The normalized spacial score (nSPS) is 18.7. The summed E-state index contributed by atoms with van der Waals surface area (Å²) in [5, 5.41) is 31.4. The van der Waals surface area contributed by atoms with E-state index in [4.69, 9.17) is 23.7 Å². The van der Waals surface area contributed by atoms with Crippen LogP contribution in [0.5, 0.6) is 0 Å². The van der Waals surface area contributed by atoms with Crippen LogP contribution in [0.15, 0.2) is 60.8 Å². The van der Waals surface area contributed by atoms with Gasteiger partial charge in [0.1, 0.15) is 18.8 Å². The molecular formula is C61H104O12. The second-order valence-electron chi connectivity index (χ2n) is 19.9. The number of allylic oxidation sites excluding steroid dienone is 10. The molecule has 1 rings (SSSR count). The van der Waals surface area contributed by atoms with Gasteiger partial charge in [-0.15, -0.1) is 0 Å². The summed E-state index contributed by atoms with van der Waals surface area (Å²) in [6.07, 6.45) is 47.7. The lowest BCUT2D eigenvalue weighted by Gasteiger charge is -2.40. The fourth-order valence-corrected chi connectivity index (χ4v) is 8.63. The van der Waals surface area contributed by atoms with Crippen molar-refractivity contribution in [3.63, 3.8) is 0 Å². The SMILES string of the molecule is CC/C=C\C/C=C\C/C=C\C/C=C\C/C=C\CCCCCC(=O)OCC(COC1OC(C(=O)O)C(O)C(O)C1OC(=O)CCCCCCCCCCCCCCC)OC(=O)CCCCCCCCCCCCC. The number of carboxylic acids is 1. The number of aliphatic hydroxyl groups excluding tert-OH is 2. The second kappa shape index (κ2) is 49.3. The minimum absolute atomic E-state index is 0.0603. The van der Waals surface area contributed by atoms with Crippen molar-refractivity contribution in [2.75, 3.05) is 13.2 Å². The molecule has 73 heavy (non-hydrogen) atoms. The zero-order chi connectivity index (χ0) is 53.3. The van der Waals surface area contributed by atoms with E-state index in [-0.39, 0.29) is 25.9 Å². The van der Waals surface area contributed by atoms with E-state index >= 15 is 0 Å². The predicted octanol–water partition coefficient (Wildman–Crippen LogP) is 14.8. The summed E-state index contributed by atoms with van der Waals surface area (Å²) in [4.78, 5) is 51.0. The van der Waals surface area contributed by atoms with Gasteiger partial charge in [0, 0.05) is 19.3 Å². The Bertz CT molecular complexity index is 1500. The van der Waals surface area contributed by atoms with Crippen molar-refractivity contribution in [3.8, 4) is 0 Å². The molecule has 0 aromatic heterocycles. The molecule has 3 N–H and O–H groups in total. The average molecular weight is 1030 g/mol. The van der Waals surface area contributed by atoms with E-state index in [1.165, 1.54) is 96.3 Å². The lowest BCUT2D eigenvalue weighted by molar-refractivity contribution is -0.301. The number of carbonyl (C=O) groups is 4. The van der Waals surface area contributed by atoms with Crippen LogP contribution in [0.1, 0.15) is 252 Å². The molecule has 0 amide bonds. The van der Waals surface area contributed by atoms with E-state index in [1.807, 2.05) is 0 Å². The summed E-state index contributed by atoms with van der Waals surface area (Å²) < 4.78 is 28.4. The van der Waals surface area contributed by atoms with Gasteiger partial charge >= 0.3 is 23.9 Å². The molecule has 0 aromatic rings. The van der Waals surface area contributed by atoms with Gasteiger partial charge in [-0.2, -0.15) is 0 Å². The quantitative estimate of drug-likeness (QED) is 0.0228. The van der Waals surface area contributed by atoms with Crippen molar-refractivity contribution in [2.45, 2.75) is 289 Å². The molecule has 1 aliphatic heterocycles. The fourth-order valence-electron chi connectivity index (χ4n) is 8.63. The monoisotopic (exact) mass is 1030 g/mol. The van der Waals surface area contributed by atoms with E-state index < -0.39 is 67.3 Å². The summed E-state index contributed by atoms with van der Waals surface area (Å²) >= 11 is 0. The molecule has 420 valence electrons.